The highest BCUT2D eigenvalue weighted by molar-refractivity contribution is 6.08. The number of carbonyl (C=O) groups is 2. The van der Waals surface area contributed by atoms with Crippen molar-refractivity contribution in [2.75, 3.05) is 18.0 Å². The van der Waals surface area contributed by atoms with E-state index < -0.39 is 22.8 Å². The van der Waals surface area contributed by atoms with E-state index >= 15 is 0 Å². The normalized spacial score (nSPS) is 19.7. The predicted octanol–water partition coefficient (Wildman–Crippen LogP) is 10.6. The SMILES string of the molecule is CC1(Cc2ccccc2)C(/C=C/C=C/C=C2/N(CCC(=O)O)c3ccc4ccccc4c3C2(C)Cc2ccccc2)=[N+](CCC(=O)O)c2ccc3ccccc3c21. The van der Waals surface area contributed by atoms with Gasteiger partial charge in [-0.1, -0.05) is 133 Å². The summed E-state index contributed by atoms with van der Waals surface area (Å²) in [4.78, 5) is 26.2. The number of carboxylic acids is 2. The van der Waals surface area contributed by atoms with Crippen LogP contribution >= 0.6 is 0 Å². The Morgan fingerprint density at radius 2 is 1.18 bits per heavy atom. The first-order chi connectivity index (χ1) is 27.7. The van der Waals surface area contributed by atoms with E-state index in [0.717, 1.165) is 46.4 Å². The number of allylic oxidation sites excluding steroid dienone is 6. The van der Waals surface area contributed by atoms with E-state index in [1.165, 1.54) is 33.0 Å². The number of hydrogen-bond acceptors (Lipinski definition) is 3. The van der Waals surface area contributed by atoms with Crippen LogP contribution in [0.3, 0.4) is 0 Å². The molecule has 6 aromatic carbocycles. The average molecular weight is 752 g/mol. The van der Waals surface area contributed by atoms with E-state index in [1.807, 2.05) is 18.2 Å². The summed E-state index contributed by atoms with van der Waals surface area (Å²) in [7, 11) is 0. The standard InChI is InChI=1S/C51H46N2O4/c1-50(34-36-16-6-3-7-17-36)44(52(32-30-46(54)55)42-28-26-38-20-12-14-22-40(38)48(42)50)24-10-5-11-25-45-51(2,35-37-18-8-4-9-19-37)49-41-23-15-13-21-39(41)27-29-43(49)53(45)33-31-47(56)57/h3-29H,30-35H2,1-2H3,(H-,54,55,56,57)/p+1. The van der Waals surface area contributed by atoms with Gasteiger partial charge in [0, 0.05) is 41.1 Å². The quantitative estimate of drug-likeness (QED) is 0.0907. The Bertz CT molecular complexity index is 2620. The highest BCUT2D eigenvalue weighted by Gasteiger charge is 2.49. The van der Waals surface area contributed by atoms with E-state index in [-0.39, 0.29) is 12.8 Å². The fourth-order valence-electron chi connectivity index (χ4n) is 9.41. The number of anilines is 1. The van der Waals surface area contributed by atoms with Gasteiger partial charge >= 0.3 is 11.9 Å². The third kappa shape index (κ3) is 7.08. The van der Waals surface area contributed by atoms with Crippen molar-refractivity contribution in [2.24, 2.45) is 0 Å². The van der Waals surface area contributed by atoms with Gasteiger partial charge in [0.1, 0.15) is 6.42 Å². The minimum atomic E-state index is -0.833. The summed E-state index contributed by atoms with van der Waals surface area (Å²) < 4.78 is 2.20. The number of benzene rings is 6. The second-order valence-electron chi connectivity index (χ2n) is 15.6. The highest BCUT2D eigenvalue weighted by atomic mass is 16.4. The third-order valence-electron chi connectivity index (χ3n) is 11.8. The number of nitrogens with zero attached hydrogens (tertiary/aromatic N) is 2. The summed E-state index contributed by atoms with van der Waals surface area (Å²) in [5.74, 6) is -1.67. The van der Waals surface area contributed by atoms with E-state index in [9.17, 15) is 19.8 Å². The Kier molecular flexibility index (Phi) is 10.2. The minimum Gasteiger partial charge on any atom is -0.481 e. The smallest absolute Gasteiger partial charge is 0.309 e. The van der Waals surface area contributed by atoms with E-state index in [4.69, 9.17) is 0 Å². The maximum Gasteiger partial charge on any atom is 0.309 e. The molecule has 6 nitrogen and oxygen atoms in total. The Balaban J connectivity index is 1.23. The maximum absolute atomic E-state index is 12.0. The van der Waals surface area contributed by atoms with Crippen molar-refractivity contribution in [2.45, 2.75) is 50.4 Å². The summed E-state index contributed by atoms with van der Waals surface area (Å²) in [5, 5.41) is 24.3. The molecular formula is C51H47N2O4+. The summed E-state index contributed by atoms with van der Waals surface area (Å²) in [6.45, 7) is 5.27. The first kappa shape index (κ1) is 37.4. The predicted molar refractivity (Wildman–Crippen MR) is 231 cm³/mol. The van der Waals surface area contributed by atoms with Crippen LogP contribution in [0.1, 0.15) is 48.9 Å². The molecule has 8 rings (SSSR count). The molecule has 2 unspecified atom stereocenters. The number of aliphatic carboxylic acids is 2. The first-order valence-electron chi connectivity index (χ1n) is 19.7. The Morgan fingerprint density at radius 1 is 0.614 bits per heavy atom. The third-order valence-corrected chi connectivity index (χ3v) is 11.8. The first-order valence-corrected chi connectivity index (χ1v) is 19.7. The van der Waals surface area contributed by atoms with Gasteiger partial charge in [0.15, 0.2) is 12.3 Å². The number of hydrogen-bond donors (Lipinski definition) is 2. The van der Waals surface area contributed by atoms with Crippen LogP contribution in [0.25, 0.3) is 21.5 Å². The van der Waals surface area contributed by atoms with Crippen LogP contribution < -0.4 is 4.90 Å². The molecule has 0 spiro atoms. The van der Waals surface area contributed by atoms with Gasteiger partial charge in [0.2, 0.25) is 5.69 Å². The summed E-state index contributed by atoms with van der Waals surface area (Å²) in [6.07, 6.45) is 12.0. The molecule has 0 saturated heterocycles. The van der Waals surface area contributed by atoms with Crippen molar-refractivity contribution in [3.8, 4) is 0 Å². The molecule has 2 aliphatic rings. The van der Waals surface area contributed by atoms with Crippen LogP contribution in [0.5, 0.6) is 0 Å². The van der Waals surface area contributed by atoms with Gasteiger partial charge in [0.25, 0.3) is 0 Å². The van der Waals surface area contributed by atoms with Crippen LogP contribution in [-0.4, -0.2) is 45.5 Å². The molecule has 2 atom stereocenters. The zero-order chi connectivity index (χ0) is 39.6. The zero-order valence-electron chi connectivity index (χ0n) is 32.4. The molecule has 57 heavy (non-hydrogen) atoms. The van der Waals surface area contributed by atoms with Gasteiger partial charge < -0.3 is 15.1 Å². The van der Waals surface area contributed by atoms with Gasteiger partial charge in [-0.2, -0.15) is 4.58 Å². The molecular weight excluding hydrogens is 705 g/mol. The largest absolute Gasteiger partial charge is 0.481 e. The topological polar surface area (TPSA) is 80.9 Å². The molecule has 0 amide bonds. The Labute approximate surface area is 334 Å². The van der Waals surface area contributed by atoms with Gasteiger partial charge in [-0.3, -0.25) is 9.59 Å². The zero-order valence-corrected chi connectivity index (χ0v) is 32.4. The molecule has 2 N–H and O–H groups in total. The highest BCUT2D eigenvalue weighted by Crippen LogP contribution is 2.53. The molecule has 0 radical (unpaired) electrons. The molecule has 0 fully saturated rings. The average Bonchev–Trinajstić information content (AvgIpc) is 3.59. The van der Waals surface area contributed by atoms with Crippen molar-refractivity contribution in [3.63, 3.8) is 0 Å². The number of rotatable bonds is 13. The molecule has 2 aliphatic heterocycles. The molecule has 284 valence electrons. The van der Waals surface area contributed by atoms with Crippen molar-refractivity contribution >= 4 is 50.6 Å². The molecule has 0 saturated carbocycles. The minimum absolute atomic E-state index is 0.00831. The molecule has 0 bridgehead atoms. The van der Waals surface area contributed by atoms with Crippen LogP contribution in [0.4, 0.5) is 11.4 Å². The second kappa shape index (κ2) is 15.5. The van der Waals surface area contributed by atoms with Crippen LogP contribution in [0.15, 0.2) is 170 Å². The van der Waals surface area contributed by atoms with Crippen molar-refractivity contribution < 1.29 is 24.4 Å². The molecule has 6 heteroatoms. The summed E-state index contributed by atoms with van der Waals surface area (Å²) >= 11 is 0. The number of fused-ring (bicyclic) bond motifs is 6. The monoisotopic (exact) mass is 751 g/mol. The van der Waals surface area contributed by atoms with Gasteiger partial charge in [0.05, 0.1) is 11.8 Å². The molecule has 6 aromatic rings. The van der Waals surface area contributed by atoms with Crippen LogP contribution in [-0.2, 0) is 33.3 Å². The van der Waals surface area contributed by atoms with Crippen LogP contribution in [0, 0.1) is 0 Å². The lowest BCUT2D eigenvalue weighted by Gasteiger charge is -2.31. The van der Waals surface area contributed by atoms with E-state index in [0.29, 0.717) is 13.1 Å². The van der Waals surface area contributed by atoms with Gasteiger partial charge in [-0.25, -0.2) is 0 Å². The lowest BCUT2D eigenvalue weighted by Crippen LogP contribution is -2.34. The van der Waals surface area contributed by atoms with Crippen molar-refractivity contribution in [1.29, 1.82) is 0 Å². The second-order valence-corrected chi connectivity index (χ2v) is 15.6. The number of carboxylic acid groups (broad SMARTS) is 2. The fraction of sp³-hybridized carbons (Fsp3) is 0.196. The summed E-state index contributed by atoms with van der Waals surface area (Å²) in [5.41, 5.74) is 8.12. The maximum atomic E-state index is 12.0. The Hall–Kier alpha value is -6.53. The van der Waals surface area contributed by atoms with Crippen LogP contribution in [0.2, 0.25) is 0 Å². The van der Waals surface area contributed by atoms with Gasteiger partial charge in [-0.15, -0.1) is 0 Å². The molecule has 0 aliphatic carbocycles. The lowest BCUT2D eigenvalue weighted by atomic mass is 9.73. The van der Waals surface area contributed by atoms with E-state index in [1.54, 1.807) is 0 Å². The molecule has 2 heterocycles. The van der Waals surface area contributed by atoms with Crippen molar-refractivity contribution in [1.82, 2.24) is 0 Å². The Morgan fingerprint density at radius 3 is 1.81 bits per heavy atom. The van der Waals surface area contributed by atoms with Crippen molar-refractivity contribution in [3.05, 3.63) is 192 Å². The fourth-order valence-corrected chi connectivity index (χ4v) is 9.41. The van der Waals surface area contributed by atoms with Gasteiger partial charge in [-0.05, 0) is 83.1 Å². The lowest BCUT2D eigenvalue weighted by molar-refractivity contribution is -0.436. The summed E-state index contributed by atoms with van der Waals surface area (Å²) in [6, 6.07) is 46.5. The van der Waals surface area contributed by atoms with E-state index in [2.05, 4.69) is 169 Å². The molecule has 0 aromatic heterocycles.